The molecule has 0 aliphatic carbocycles. The van der Waals surface area contributed by atoms with Crippen LogP contribution in [0.15, 0.2) is 29.7 Å². The molecule has 2 heterocycles. The number of amides is 1. The standard InChI is InChI=1S/C20H28ClN3O3S/c21-19-7-5-18(6-8-19)9-16-28(26,27)24-14-12-22(13-15-24)17-20(25)23-10-3-1-2-4-11-23/h5-9,16H,1-4,10-15,17H2/b16-9+. The number of sulfonamides is 1. The van der Waals surface area contributed by atoms with Gasteiger partial charge in [0.25, 0.3) is 0 Å². The molecule has 8 heteroatoms. The van der Waals surface area contributed by atoms with Gasteiger partial charge in [-0.1, -0.05) is 36.6 Å². The van der Waals surface area contributed by atoms with Crippen molar-refractivity contribution in [2.24, 2.45) is 0 Å². The predicted octanol–water partition coefficient (Wildman–Crippen LogP) is 2.66. The molecule has 0 radical (unpaired) electrons. The van der Waals surface area contributed by atoms with E-state index in [1.807, 2.05) is 4.90 Å². The molecule has 0 saturated carbocycles. The Morgan fingerprint density at radius 1 is 0.929 bits per heavy atom. The minimum Gasteiger partial charge on any atom is -0.342 e. The van der Waals surface area contributed by atoms with Gasteiger partial charge in [-0.05, 0) is 36.6 Å². The van der Waals surface area contributed by atoms with E-state index in [2.05, 4.69) is 4.90 Å². The third kappa shape index (κ3) is 6.04. The van der Waals surface area contributed by atoms with Crippen LogP contribution in [0.2, 0.25) is 5.02 Å². The molecule has 2 aliphatic heterocycles. The van der Waals surface area contributed by atoms with Crippen molar-refractivity contribution in [3.8, 4) is 0 Å². The fourth-order valence-corrected chi connectivity index (χ4v) is 4.88. The quantitative estimate of drug-likeness (QED) is 0.727. The van der Waals surface area contributed by atoms with E-state index in [0.29, 0.717) is 37.7 Å². The maximum Gasteiger partial charge on any atom is 0.236 e. The van der Waals surface area contributed by atoms with Gasteiger partial charge in [0.1, 0.15) is 0 Å². The Hall–Kier alpha value is -1.41. The molecule has 0 N–H and O–H groups in total. The summed E-state index contributed by atoms with van der Waals surface area (Å²) >= 11 is 5.85. The van der Waals surface area contributed by atoms with E-state index in [0.717, 1.165) is 31.5 Å². The van der Waals surface area contributed by atoms with Gasteiger partial charge in [0.2, 0.25) is 15.9 Å². The summed E-state index contributed by atoms with van der Waals surface area (Å²) < 4.78 is 26.6. The SMILES string of the molecule is O=C(CN1CCN(S(=O)(=O)/C=C/c2ccc(Cl)cc2)CC1)N1CCCCCC1. The Morgan fingerprint density at radius 2 is 1.54 bits per heavy atom. The van der Waals surface area contributed by atoms with E-state index in [1.165, 1.54) is 22.6 Å². The van der Waals surface area contributed by atoms with Gasteiger partial charge < -0.3 is 4.90 Å². The topological polar surface area (TPSA) is 60.9 Å². The number of piperazine rings is 1. The molecule has 6 nitrogen and oxygen atoms in total. The molecule has 154 valence electrons. The zero-order chi connectivity index (χ0) is 20.0. The lowest BCUT2D eigenvalue weighted by Gasteiger charge is -2.34. The average Bonchev–Trinajstić information content (AvgIpc) is 2.98. The van der Waals surface area contributed by atoms with Crippen LogP contribution >= 0.6 is 11.6 Å². The summed E-state index contributed by atoms with van der Waals surface area (Å²) in [6.45, 7) is 4.04. The summed E-state index contributed by atoms with van der Waals surface area (Å²) in [4.78, 5) is 16.5. The second-order valence-electron chi connectivity index (χ2n) is 7.37. The first-order valence-electron chi connectivity index (χ1n) is 9.88. The number of carbonyl (C=O) groups excluding carboxylic acids is 1. The highest BCUT2D eigenvalue weighted by Gasteiger charge is 2.27. The van der Waals surface area contributed by atoms with E-state index in [4.69, 9.17) is 11.6 Å². The number of carbonyl (C=O) groups is 1. The zero-order valence-corrected chi connectivity index (χ0v) is 17.7. The average molecular weight is 426 g/mol. The lowest BCUT2D eigenvalue weighted by molar-refractivity contribution is -0.132. The molecule has 2 fully saturated rings. The molecule has 28 heavy (non-hydrogen) atoms. The third-order valence-corrected chi connectivity index (χ3v) is 7.13. The number of hydrogen-bond donors (Lipinski definition) is 0. The van der Waals surface area contributed by atoms with Gasteiger partial charge in [-0.25, -0.2) is 8.42 Å². The van der Waals surface area contributed by atoms with Gasteiger partial charge in [-0.15, -0.1) is 0 Å². The first-order valence-corrected chi connectivity index (χ1v) is 11.8. The predicted molar refractivity (Wildman–Crippen MR) is 112 cm³/mol. The molecule has 2 saturated heterocycles. The molecular formula is C20H28ClN3O3S. The highest BCUT2D eigenvalue weighted by Crippen LogP contribution is 2.15. The number of halogens is 1. The van der Waals surface area contributed by atoms with E-state index in [-0.39, 0.29) is 5.91 Å². The summed E-state index contributed by atoms with van der Waals surface area (Å²) in [7, 11) is -3.47. The highest BCUT2D eigenvalue weighted by atomic mass is 35.5. The van der Waals surface area contributed by atoms with E-state index in [1.54, 1.807) is 30.3 Å². The van der Waals surface area contributed by atoms with Crippen LogP contribution in [-0.4, -0.2) is 74.2 Å². The van der Waals surface area contributed by atoms with E-state index < -0.39 is 10.0 Å². The summed E-state index contributed by atoms with van der Waals surface area (Å²) in [5, 5.41) is 1.86. The zero-order valence-electron chi connectivity index (χ0n) is 16.1. The maximum absolute atomic E-state index is 12.6. The molecule has 0 spiro atoms. The molecule has 1 amide bonds. The summed E-state index contributed by atoms with van der Waals surface area (Å²) in [6, 6.07) is 7.02. The van der Waals surface area contributed by atoms with Crippen molar-refractivity contribution in [3.63, 3.8) is 0 Å². The van der Waals surface area contributed by atoms with Crippen molar-refractivity contribution in [2.75, 3.05) is 45.8 Å². The highest BCUT2D eigenvalue weighted by molar-refractivity contribution is 7.92. The normalized spacial score (nSPS) is 20.4. The fraction of sp³-hybridized carbons (Fsp3) is 0.550. The Bertz CT molecular complexity index is 779. The summed E-state index contributed by atoms with van der Waals surface area (Å²) in [5.41, 5.74) is 0.787. The summed E-state index contributed by atoms with van der Waals surface area (Å²) in [5.74, 6) is 0.167. The molecule has 3 rings (SSSR count). The molecule has 1 aromatic carbocycles. The van der Waals surface area contributed by atoms with Crippen LogP contribution in [0, 0.1) is 0 Å². The number of likely N-dealkylation sites (tertiary alicyclic amines) is 1. The molecular weight excluding hydrogens is 398 g/mol. The van der Waals surface area contributed by atoms with Crippen molar-refractivity contribution >= 4 is 33.6 Å². The molecule has 0 unspecified atom stereocenters. The summed E-state index contributed by atoms with van der Waals surface area (Å²) in [6.07, 6.45) is 6.14. The van der Waals surface area contributed by atoms with Crippen molar-refractivity contribution in [1.82, 2.24) is 14.1 Å². The van der Waals surface area contributed by atoms with Gasteiger partial charge in [-0.3, -0.25) is 9.69 Å². The van der Waals surface area contributed by atoms with Crippen LogP contribution in [0.3, 0.4) is 0 Å². The van der Waals surface area contributed by atoms with Gasteiger partial charge in [0.05, 0.1) is 6.54 Å². The Kier molecular flexibility index (Phi) is 7.51. The molecule has 0 atom stereocenters. The Labute approximate surface area is 172 Å². The second-order valence-corrected chi connectivity index (χ2v) is 9.62. The Morgan fingerprint density at radius 3 is 2.14 bits per heavy atom. The van der Waals surface area contributed by atoms with Gasteiger partial charge in [0.15, 0.2) is 0 Å². The van der Waals surface area contributed by atoms with Gasteiger partial charge in [0, 0.05) is 49.7 Å². The lowest BCUT2D eigenvalue weighted by Crippen LogP contribution is -2.51. The molecule has 0 aromatic heterocycles. The van der Waals surface area contributed by atoms with Crippen LogP contribution in [0.5, 0.6) is 0 Å². The fourth-order valence-electron chi connectivity index (χ4n) is 3.58. The number of hydrogen-bond acceptors (Lipinski definition) is 4. The van der Waals surface area contributed by atoms with Crippen molar-refractivity contribution < 1.29 is 13.2 Å². The van der Waals surface area contributed by atoms with Gasteiger partial charge >= 0.3 is 0 Å². The van der Waals surface area contributed by atoms with Crippen LogP contribution in [0.25, 0.3) is 6.08 Å². The minimum absolute atomic E-state index is 0.167. The third-order valence-electron chi connectivity index (χ3n) is 5.31. The minimum atomic E-state index is -3.47. The molecule has 1 aromatic rings. The van der Waals surface area contributed by atoms with Gasteiger partial charge in [-0.2, -0.15) is 4.31 Å². The van der Waals surface area contributed by atoms with E-state index >= 15 is 0 Å². The van der Waals surface area contributed by atoms with Crippen LogP contribution in [-0.2, 0) is 14.8 Å². The monoisotopic (exact) mass is 425 g/mol. The van der Waals surface area contributed by atoms with E-state index in [9.17, 15) is 13.2 Å². The maximum atomic E-state index is 12.6. The smallest absolute Gasteiger partial charge is 0.236 e. The number of benzene rings is 1. The van der Waals surface area contributed by atoms with Crippen LogP contribution in [0.1, 0.15) is 31.2 Å². The Balaban J connectivity index is 1.49. The largest absolute Gasteiger partial charge is 0.342 e. The molecule has 2 aliphatic rings. The lowest BCUT2D eigenvalue weighted by atomic mass is 10.2. The first-order chi connectivity index (χ1) is 13.4. The van der Waals surface area contributed by atoms with Crippen LogP contribution in [0.4, 0.5) is 0 Å². The number of rotatable bonds is 5. The second kappa shape index (κ2) is 9.87. The van der Waals surface area contributed by atoms with Crippen molar-refractivity contribution in [3.05, 3.63) is 40.3 Å². The molecule has 0 bridgehead atoms. The number of nitrogens with zero attached hydrogens (tertiary/aromatic N) is 3. The first kappa shape index (κ1) is 21.3. The van der Waals surface area contributed by atoms with Crippen molar-refractivity contribution in [2.45, 2.75) is 25.7 Å². The van der Waals surface area contributed by atoms with Crippen molar-refractivity contribution in [1.29, 1.82) is 0 Å². The van der Waals surface area contributed by atoms with Crippen LogP contribution < -0.4 is 0 Å².